The van der Waals surface area contributed by atoms with Crippen LogP contribution in [0.3, 0.4) is 0 Å². The molecule has 0 bridgehead atoms. The summed E-state index contributed by atoms with van der Waals surface area (Å²) in [6.07, 6.45) is 3.06. The zero-order valence-electron chi connectivity index (χ0n) is 13.1. The van der Waals surface area contributed by atoms with Crippen LogP contribution < -0.4 is 4.72 Å². The highest BCUT2D eigenvalue weighted by atomic mass is 32.2. The molecule has 1 aromatic carbocycles. The summed E-state index contributed by atoms with van der Waals surface area (Å²) in [5, 5.41) is 0. The van der Waals surface area contributed by atoms with Gasteiger partial charge in [-0.2, -0.15) is 0 Å². The van der Waals surface area contributed by atoms with Crippen molar-refractivity contribution in [3.63, 3.8) is 0 Å². The summed E-state index contributed by atoms with van der Waals surface area (Å²) in [7, 11) is -3.47. The summed E-state index contributed by atoms with van der Waals surface area (Å²) < 4.78 is 28.0. The van der Waals surface area contributed by atoms with Gasteiger partial charge in [0.2, 0.25) is 10.0 Å². The number of sulfonamides is 1. The molecule has 0 radical (unpaired) electrons. The van der Waals surface area contributed by atoms with Crippen LogP contribution in [0, 0.1) is 0 Å². The molecule has 0 heterocycles. The molecule has 0 atom stereocenters. The first-order valence-electron chi connectivity index (χ1n) is 7.25. The van der Waals surface area contributed by atoms with E-state index in [2.05, 4.69) is 24.6 Å². The van der Waals surface area contributed by atoms with E-state index in [0.717, 1.165) is 24.8 Å². The van der Waals surface area contributed by atoms with Crippen molar-refractivity contribution in [1.29, 1.82) is 0 Å². The molecule has 0 amide bonds. The second-order valence-corrected chi connectivity index (χ2v) is 8.75. The average Bonchev–Trinajstić information content (AvgIpc) is 3.05. The quantitative estimate of drug-likeness (QED) is 0.925. The number of hydrogen-bond donors (Lipinski definition) is 1. The third-order valence-electron chi connectivity index (χ3n) is 3.83. The van der Waals surface area contributed by atoms with E-state index in [1.54, 1.807) is 6.07 Å². The molecule has 1 N–H and O–H groups in total. The predicted molar refractivity (Wildman–Crippen MR) is 82.5 cm³/mol. The average molecular weight is 295 g/mol. The van der Waals surface area contributed by atoms with E-state index in [0.29, 0.717) is 4.90 Å². The van der Waals surface area contributed by atoms with E-state index in [9.17, 15) is 8.42 Å². The highest BCUT2D eigenvalue weighted by molar-refractivity contribution is 7.89. The zero-order chi connectivity index (χ0) is 15.2. The molecule has 112 valence electrons. The topological polar surface area (TPSA) is 46.2 Å². The summed E-state index contributed by atoms with van der Waals surface area (Å²) in [5.74, 6) is 0. The van der Waals surface area contributed by atoms with Gasteiger partial charge in [0.05, 0.1) is 4.90 Å². The highest BCUT2D eigenvalue weighted by Gasteiger charge is 2.43. The zero-order valence-corrected chi connectivity index (χ0v) is 13.9. The maximum Gasteiger partial charge on any atom is 0.241 e. The lowest BCUT2D eigenvalue weighted by atomic mass is 9.96. The van der Waals surface area contributed by atoms with Crippen LogP contribution in [0.4, 0.5) is 0 Å². The Bertz CT molecular complexity index is 608. The Kier molecular flexibility index (Phi) is 3.76. The van der Waals surface area contributed by atoms with Crippen molar-refractivity contribution in [2.24, 2.45) is 0 Å². The number of hydrogen-bond acceptors (Lipinski definition) is 2. The van der Waals surface area contributed by atoms with E-state index >= 15 is 0 Å². The minimum absolute atomic E-state index is 0.0349. The lowest BCUT2D eigenvalue weighted by Crippen LogP contribution is -2.41. The van der Waals surface area contributed by atoms with Crippen LogP contribution in [0.15, 0.2) is 23.1 Å². The Balaban J connectivity index is 2.51. The summed E-state index contributed by atoms with van der Waals surface area (Å²) in [4.78, 5) is 0.449. The van der Waals surface area contributed by atoms with Gasteiger partial charge in [0, 0.05) is 5.54 Å². The molecular weight excluding hydrogens is 270 g/mol. The maximum absolute atomic E-state index is 12.6. The number of aryl methyl sites for hydroxylation is 1. The largest absolute Gasteiger partial charge is 0.241 e. The molecular formula is C16H25NO2S. The third kappa shape index (κ3) is 3.23. The molecule has 1 saturated carbocycles. The summed E-state index contributed by atoms with van der Waals surface area (Å²) in [5.41, 5.74) is 1.74. The van der Waals surface area contributed by atoms with Crippen LogP contribution in [-0.2, 0) is 21.9 Å². The third-order valence-corrected chi connectivity index (χ3v) is 5.65. The Labute approximate surface area is 122 Å². The second kappa shape index (κ2) is 4.85. The van der Waals surface area contributed by atoms with Gasteiger partial charge in [-0.3, -0.25) is 0 Å². The van der Waals surface area contributed by atoms with Gasteiger partial charge in [0.1, 0.15) is 0 Å². The number of benzene rings is 1. The molecule has 1 fully saturated rings. The van der Waals surface area contributed by atoms with Crippen LogP contribution in [-0.4, -0.2) is 14.0 Å². The molecule has 1 aromatic rings. The second-order valence-electron chi connectivity index (χ2n) is 7.10. The van der Waals surface area contributed by atoms with Crippen molar-refractivity contribution in [1.82, 2.24) is 4.72 Å². The molecule has 0 aliphatic heterocycles. The Morgan fingerprint density at radius 2 is 1.85 bits per heavy atom. The van der Waals surface area contributed by atoms with Crippen molar-refractivity contribution in [3.05, 3.63) is 29.3 Å². The molecule has 0 saturated heterocycles. The highest BCUT2D eigenvalue weighted by Crippen LogP contribution is 2.49. The van der Waals surface area contributed by atoms with Crippen molar-refractivity contribution in [2.45, 2.75) is 69.7 Å². The Hall–Kier alpha value is -0.870. The molecule has 4 heteroatoms. The van der Waals surface area contributed by atoms with Crippen LogP contribution in [0.2, 0.25) is 0 Å². The fourth-order valence-corrected chi connectivity index (χ4v) is 4.18. The fourth-order valence-electron chi connectivity index (χ4n) is 2.42. The van der Waals surface area contributed by atoms with Gasteiger partial charge in [0.25, 0.3) is 0 Å². The van der Waals surface area contributed by atoms with Gasteiger partial charge in [-0.05, 0) is 62.6 Å². The van der Waals surface area contributed by atoms with Gasteiger partial charge in [0.15, 0.2) is 0 Å². The first-order chi connectivity index (χ1) is 9.07. The normalized spacial score (nSPS) is 18.1. The van der Waals surface area contributed by atoms with Crippen molar-refractivity contribution < 1.29 is 8.42 Å². The molecule has 1 aliphatic carbocycles. The SMILES string of the molecule is CCc1ccc(S(=O)(=O)NC(C)(C)C)c(C2(C)CC2)c1. The maximum atomic E-state index is 12.6. The molecule has 0 aromatic heterocycles. The summed E-state index contributed by atoms with van der Waals surface area (Å²) in [6, 6.07) is 5.77. The van der Waals surface area contributed by atoms with Crippen LogP contribution >= 0.6 is 0 Å². The first-order valence-corrected chi connectivity index (χ1v) is 8.73. The lowest BCUT2D eigenvalue weighted by molar-refractivity contribution is 0.490. The van der Waals surface area contributed by atoms with Crippen LogP contribution in [0.1, 0.15) is 58.6 Å². The molecule has 20 heavy (non-hydrogen) atoms. The minimum Gasteiger partial charge on any atom is -0.207 e. The minimum atomic E-state index is -3.47. The smallest absolute Gasteiger partial charge is 0.207 e. The van der Waals surface area contributed by atoms with Gasteiger partial charge in [-0.1, -0.05) is 26.0 Å². The van der Waals surface area contributed by atoms with Gasteiger partial charge in [-0.25, -0.2) is 13.1 Å². The molecule has 1 aliphatic rings. The molecule has 3 nitrogen and oxygen atoms in total. The molecule has 0 unspecified atom stereocenters. The predicted octanol–water partition coefficient (Wildman–Crippen LogP) is 3.38. The Morgan fingerprint density at radius 3 is 2.30 bits per heavy atom. The molecule has 2 rings (SSSR count). The van der Waals surface area contributed by atoms with E-state index in [-0.39, 0.29) is 5.41 Å². The van der Waals surface area contributed by atoms with Crippen molar-refractivity contribution >= 4 is 10.0 Å². The van der Waals surface area contributed by atoms with E-state index in [1.165, 1.54) is 5.56 Å². The van der Waals surface area contributed by atoms with Crippen molar-refractivity contribution in [3.8, 4) is 0 Å². The van der Waals surface area contributed by atoms with Gasteiger partial charge < -0.3 is 0 Å². The van der Waals surface area contributed by atoms with Crippen molar-refractivity contribution in [2.75, 3.05) is 0 Å². The fraction of sp³-hybridized carbons (Fsp3) is 0.625. The lowest BCUT2D eigenvalue weighted by Gasteiger charge is -2.23. The standard InChI is InChI=1S/C16H25NO2S/c1-6-12-7-8-14(13(11-12)16(5)9-10-16)20(18,19)17-15(2,3)4/h7-8,11,17H,6,9-10H2,1-5H3. The van der Waals surface area contributed by atoms with Crippen LogP contribution in [0.5, 0.6) is 0 Å². The summed E-state index contributed by atoms with van der Waals surface area (Å²) in [6.45, 7) is 9.84. The van der Waals surface area contributed by atoms with E-state index in [4.69, 9.17) is 0 Å². The van der Waals surface area contributed by atoms with Crippen LogP contribution in [0.25, 0.3) is 0 Å². The first kappa shape index (κ1) is 15.5. The van der Waals surface area contributed by atoms with Gasteiger partial charge in [-0.15, -0.1) is 0 Å². The van der Waals surface area contributed by atoms with E-state index in [1.807, 2.05) is 26.8 Å². The number of rotatable bonds is 4. The van der Waals surface area contributed by atoms with Gasteiger partial charge >= 0.3 is 0 Å². The molecule has 0 spiro atoms. The van der Waals surface area contributed by atoms with E-state index < -0.39 is 15.6 Å². The Morgan fingerprint density at radius 1 is 1.25 bits per heavy atom. The summed E-state index contributed by atoms with van der Waals surface area (Å²) >= 11 is 0. The number of nitrogens with one attached hydrogen (secondary N) is 1. The monoisotopic (exact) mass is 295 g/mol.